The van der Waals surface area contributed by atoms with Crippen LogP contribution in [0.2, 0.25) is 0 Å². The van der Waals surface area contributed by atoms with Gasteiger partial charge in [0, 0.05) is 30.6 Å². The summed E-state index contributed by atoms with van der Waals surface area (Å²) in [6.07, 6.45) is 8.09. The highest BCUT2D eigenvalue weighted by Crippen LogP contribution is 2.19. The van der Waals surface area contributed by atoms with E-state index in [0.29, 0.717) is 30.2 Å². The molecular formula is C21H18FN3O2. The van der Waals surface area contributed by atoms with Crippen LogP contribution in [0.15, 0.2) is 73.2 Å². The number of nitrogens with one attached hydrogen (secondary N) is 1. The minimum atomic E-state index is -0.360. The Hall–Kier alpha value is -3.54. The van der Waals surface area contributed by atoms with Crippen LogP contribution in [-0.2, 0) is 11.2 Å². The molecule has 3 aromatic rings. The number of carbonyl (C=O) groups is 1. The summed E-state index contributed by atoms with van der Waals surface area (Å²) in [5.74, 6) is 0.437. The van der Waals surface area contributed by atoms with E-state index in [0.717, 1.165) is 5.56 Å². The Labute approximate surface area is 156 Å². The van der Waals surface area contributed by atoms with Crippen molar-refractivity contribution in [2.75, 3.05) is 6.54 Å². The maximum absolute atomic E-state index is 13.5. The molecule has 0 spiro atoms. The summed E-state index contributed by atoms with van der Waals surface area (Å²) in [6.45, 7) is 0.453. The summed E-state index contributed by atoms with van der Waals surface area (Å²) in [6, 6.07) is 13.8. The number of amides is 1. The fourth-order valence-electron chi connectivity index (χ4n) is 2.39. The van der Waals surface area contributed by atoms with Gasteiger partial charge in [-0.05, 0) is 36.3 Å². The van der Waals surface area contributed by atoms with Crippen molar-refractivity contribution in [3.8, 4) is 11.6 Å². The number of benzene rings is 2. The topological polar surface area (TPSA) is 64.1 Å². The molecule has 0 bridgehead atoms. The lowest BCUT2D eigenvalue weighted by Gasteiger charge is -2.07. The Kier molecular flexibility index (Phi) is 6.25. The first kappa shape index (κ1) is 18.3. The summed E-state index contributed by atoms with van der Waals surface area (Å²) in [7, 11) is 0. The average molecular weight is 363 g/mol. The molecule has 1 aromatic heterocycles. The van der Waals surface area contributed by atoms with Gasteiger partial charge in [0.15, 0.2) is 0 Å². The van der Waals surface area contributed by atoms with Crippen molar-refractivity contribution < 1.29 is 13.9 Å². The molecule has 0 unspecified atom stereocenters. The van der Waals surface area contributed by atoms with Gasteiger partial charge in [0.05, 0.1) is 6.20 Å². The highest BCUT2D eigenvalue weighted by Gasteiger charge is 2.02. The monoisotopic (exact) mass is 363 g/mol. The van der Waals surface area contributed by atoms with Crippen LogP contribution < -0.4 is 10.1 Å². The van der Waals surface area contributed by atoms with Crippen LogP contribution in [0, 0.1) is 5.82 Å². The zero-order valence-corrected chi connectivity index (χ0v) is 14.5. The van der Waals surface area contributed by atoms with Crippen molar-refractivity contribution in [3.63, 3.8) is 0 Å². The van der Waals surface area contributed by atoms with Crippen molar-refractivity contribution in [2.45, 2.75) is 6.42 Å². The van der Waals surface area contributed by atoms with Gasteiger partial charge < -0.3 is 10.1 Å². The second kappa shape index (κ2) is 9.24. The predicted molar refractivity (Wildman–Crippen MR) is 101 cm³/mol. The van der Waals surface area contributed by atoms with Gasteiger partial charge in [-0.1, -0.05) is 30.3 Å². The predicted octanol–water partition coefficient (Wildman–Crippen LogP) is 3.78. The normalized spacial score (nSPS) is 10.7. The van der Waals surface area contributed by atoms with E-state index >= 15 is 0 Å². The first-order valence-corrected chi connectivity index (χ1v) is 8.44. The molecular weight excluding hydrogens is 345 g/mol. The van der Waals surface area contributed by atoms with E-state index in [1.807, 2.05) is 24.3 Å². The maximum Gasteiger partial charge on any atom is 0.244 e. The molecule has 2 aromatic carbocycles. The molecule has 136 valence electrons. The van der Waals surface area contributed by atoms with E-state index in [9.17, 15) is 9.18 Å². The Morgan fingerprint density at radius 2 is 2.04 bits per heavy atom. The molecule has 1 heterocycles. The number of halogens is 1. The van der Waals surface area contributed by atoms with E-state index < -0.39 is 0 Å². The van der Waals surface area contributed by atoms with Crippen LogP contribution in [0.4, 0.5) is 4.39 Å². The van der Waals surface area contributed by atoms with E-state index in [-0.39, 0.29) is 11.7 Å². The summed E-state index contributed by atoms with van der Waals surface area (Å²) in [5, 5.41) is 2.78. The lowest BCUT2D eigenvalue weighted by molar-refractivity contribution is -0.116. The van der Waals surface area contributed by atoms with E-state index in [1.165, 1.54) is 24.4 Å². The molecule has 0 aliphatic carbocycles. The van der Waals surface area contributed by atoms with Gasteiger partial charge in [-0.15, -0.1) is 0 Å². The van der Waals surface area contributed by atoms with Gasteiger partial charge >= 0.3 is 0 Å². The van der Waals surface area contributed by atoms with Gasteiger partial charge in [-0.3, -0.25) is 9.78 Å². The van der Waals surface area contributed by atoms with E-state index in [4.69, 9.17) is 4.74 Å². The molecule has 0 aliphatic rings. The summed E-state index contributed by atoms with van der Waals surface area (Å²) in [5.41, 5.74) is 1.39. The smallest absolute Gasteiger partial charge is 0.244 e. The largest absolute Gasteiger partial charge is 0.437 e. The first-order chi connectivity index (χ1) is 13.2. The number of hydrogen-bond acceptors (Lipinski definition) is 4. The SMILES string of the molecule is O=C(C=Cc1ccccc1F)NCCc1cccc(Oc2cnccn2)c1. The molecule has 3 rings (SSSR count). The van der Waals surface area contributed by atoms with Gasteiger partial charge in [0.1, 0.15) is 11.6 Å². The summed E-state index contributed by atoms with van der Waals surface area (Å²) in [4.78, 5) is 19.9. The molecule has 1 N–H and O–H groups in total. The van der Waals surface area contributed by atoms with Crippen LogP contribution in [0.3, 0.4) is 0 Å². The number of carbonyl (C=O) groups excluding carboxylic acids is 1. The molecule has 5 nitrogen and oxygen atoms in total. The number of hydrogen-bond donors (Lipinski definition) is 1. The third-order valence-corrected chi connectivity index (χ3v) is 3.69. The average Bonchev–Trinajstić information content (AvgIpc) is 2.68. The molecule has 0 aliphatic heterocycles. The van der Waals surface area contributed by atoms with Crippen LogP contribution in [0.1, 0.15) is 11.1 Å². The molecule has 0 saturated carbocycles. The molecule has 0 fully saturated rings. The van der Waals surface area contributed by atoms with Crippen molar-refractivity contribution >= 4 is 12.0 Å². The highest BCUT2D eigenvalue weighted by molar-refractivity contribution is 5.91. The van der Waals surface area contributed by atoms with Crippen molar-refractivity contribution in [1.29, 1.82) is 0 Å². The Morgan fingerprint density at radius 1 is 1.15 bits per heavy atom. The van der Waals surface area contributed by atoms with Crippen LogP contribution in [-0.4, -0.2) is 22.4 Å². The number of ether oxygens (including phenoxy) is 1. The molecule has 6 heteroatoms. The molecule has 27 heavy (non-hydrogen) atoms. The highest BCUT2D eigenvalue weighted by atomic mass is 19.1. The number of rotatable bonds is 7. The quantitative estimate of drug-likeness (QED) is 0.649. The first-order valence-electron chi connectivity index (χ1n) is 8.44. The van der Waals surface area contributed by atoms with Crippen LogP contribution >= 0.6 is 0 Å². The molecule has 1 amide bonds. The van der Waals surface area contributed by atoms with E-state index in [2.05, 4.69) is 15.3 Å². The van der Waals surface area contributed by atoms with Crippen molar-refractivity contribution in [1.82, 2.24) is 15.3 Å². The molecule has 0 atom stereocenters. The summed E-state index contributed by atoms with van der Waals surface area (Å²) >= 11 is 0. The minimum Gasteiger partial charge on any atom is -0.437 e. The number of nitrogens with zero attached hydrogens (tertiary/aromatic N) is 2. The van der Waals surface area contributed by atoms with Crippen molar-refractivity contribution in [3.05, 3.63) is 90.1 Å². The van der Waals surface area contributed by atoms with Gasteiger partial charge in [0.25, 0.3) is 0 Å². The second-order valence-corrected chi connectivity index (χ2v) is 5.69. The van der Waals surface area contributed by atoms with E-state index in [1.54, 1.807) is 30.6 Å². The van der Waals surface area contributed by atoms with Crippen LogP contribution in [0.5, 0.6) is 11.6 Å². The molecule has 0 radical (unpaired) electrons. The Balaban J connectivity index is 1.49. The lowest BCUT2D eigenvalue weighted by Crippen LogP contribution is -2.23. The maximum atomic E-state index is 13.5. The molecule has 0 saturated heterocycles. The third-order valence-electron chi connectivity index (χ3n) is 3.69. The zero-order valence-electron chi connectivity index (χ0n) is 14.5. The lowest BCUT2D eigenvalue weighted by atomic mass is 10.1. The fraction of sp³-hybridized carbons (Fsp3) is 0.0952. The summed E-state index contributed by atoms with van der Waals surface area (Å²) < 4.78 is 19.1. The minimum absolute atomic E-state index is 0.273. The van der Waals surface area contributed by atoms with Crippen LogP contribution in [0.25, 0.3) is 6.08 Å². The Bertz CT molecular complexity index is 929. The van der Waals surface area contributed by atoms with Gasteiger partial charge in [-0.25, -0.2) is 9.37 Å². The second-order valence-electron chi connectivity index (χ2n) is 5.69. The van der Waals surface area contributed by atoms with Crippen molar-refractivity contribution in [2.24, 2.45) is 0 Å². The zero-order chi connectivity index (χ0) is 18.9. The standard InChI is InChI=1S/C21H18FN3O2/c22-19-7-2-1-5-17(19)8-9-20(26)24-11-10-16-4-3-6-18(14-16)27-21-15-23-12-13-25-21/h1-9,12-15H,10-11H2,(H,24,26). The third kappa shape index (κ3) is 5.74. The fourth-order valence-corrected chi connectivity index (χ4v) is 2.39. The van der Waals surface area contributed by atoms with Gasteiger partial charge in [0.2, 0.25) is 11.8 Å². The Morgan fingerprint density at radius 3 is 2.85 bits per heavy atom. The number of aromatic nitrogens is 2. The van der Waals surface area contributed by atoms with Gasteiger partial charge in [-0.2, -0.15) is 0 Å².